The summed E-state index contributed by atoms with van der Waals surface area (Å²) in [5, 5.41) is 62.8. The second-order valence-electron chi connectivity index (χ2n) is 12.4. The summed E-state index contributed by atoms with van der Waals surface area (Å²) in [6.45, 7) is 2.80. The maximum atomic E-state index is 13.5. The minimum atomic E-state index is -1.75. The molecular weight excluding hydrogens is 484 g/mol. The Balaban J connectivity index is 1.33. The van der Waals surface area contributed by atoms with Crippen LogP contribution in [-0.4, -0.2) is 97.8 Å². The number of aliphatic hydroxyl groups is 6. The zero-order valence-electron chi connectivity index (χ0n) is 21.5. The molecule has 1 saturated heterocycles. The highest BCUT2D eigenvalue weighted by atomic mass is 16.7. The molecule has 1 heterocycles. The van der Waals surface area contributed by atoms with E-state index in [1.807, 2.05) is 6.92 Å². The fourth-order valence-electron chi connectivity index (χ4n) is 8.63. The number of Topliss-reactive ketones (excluding diaryl/α,β-unsaturated/α-hetero) is 1. The summed E-state index contributed by atoms with van der Waals surface area (Å²) in [4.78, 5) is 25.5. The summed E-state index contributed by atoms with van der Waals surface area (Å²) >= 11 is 0. The van der Waals surface area contributed by atoms with E-state index in [1.165, 1.54) is 0 Å². The zero-order valence-corrected chi connectivity index (χ0v) is 21.5. The van der Waals surface area contributed by atoms with Crippen molar-refractivity contribution in [2.45, 2.75) is 101 Å². The van der Waals surface area contributed by atoms with Crippen molar-refractivity contribution in [2.75, 3.05) is 13.2 Å². The van der Waals surface area contributed by atoms with Crippen molar-refractivity contribution in [1.29, 1.82) is 0 Å². The second kappa shape index (κ2) is 9.45. The van der Waals surface area contributed by atoms with Crippen LogP contribution in [-0.2, 0) is 19.1 Å². The van der Waals surface area contributed by atoms with E-state index >= 15 is 0 Å². The molecular formula is C27H40O10. The third-order valence-electron chi connectivity index (χ3n) is 10.7. The summed E-state index contributed by atoms with van der Waals surface area (Å²) in [5.74, 6) is -0.371. The molecule has 5 rings (SSSR count). The largest absolute Gasteiger partial charge is 0.394 e. The van der Waals surface area contributed by atoms with Crippen LogP contribution in [0.4, 0.5) is 0 Å². The van der Waals surface area contributed by atoms with Gasteiger partial charge in [-0.3, -0.25) is 9.59 Å². The van der Waals surface area contributed by atoms with Crippen molar-refractivity contribution in [3.05, 3.63) is 11.6 Å². The minimum absolute atomic E-state index is 0.0121. The van der Waals surface area contributed by atoms with E-state index in [4.69, 9.17) is 9.47 Å². The number of fused-ring (bicyclic) bond motifs is 5. The standard InChI is InChI=1S/C27H40O10/c1-25-7-5-14(29)9-13(25)3-4-15-16-6-8-27(35,26(16,2)10-17(30)20(15)25)19(31)12-36-24-23(34)22(33)21(32)18(11-28)37-24/h9,15-18,20-24,28,30,32-35H,3-8,10-12H2,1-2H3/t15-,16-,17-,18+,20+,21+,22-,23+,24+,25-,26-,27-/m0/s1. The van der Waals surface area contributed by atoms with Gasteiger partial charge in [-0.1, -0.05) is 19.4 Å². The maximum Gasteiger partial charge on any atom is 0.190 e. The molecule has 0 unspecified atom stereocenters. The molecule has 0 radical (unpaired) electrons. The molecule has 0 aromatic rings. The molecule has 10 nitrogen and oxygen atoms in total. The van der Waals surface area contributed by atoms with E-state index in [2.05, 4.69) is 6.92 Å². The zero-order chi connectivity index (χ0) is 26.9. The summed E-state index contributed by atoms with van der Waals surface area (Å²) in [7, 11) is 0. The summed E-state index contributed by atoms with van der Waals surface area (Å²) < 4.78 is 10.8. The quantitative estimate of drug-likeness (QED) is 0.278. The topological polar surface area (TPSA) is 174 Å². The monoisotopic (exact) mass is 524 g/mol. The molecule has 12 atom stereocenters. The van der Waals surface area contributed by atoms with Crippen molar-refractivity contribution in [2.24, 2.45) is 28.6 Å². The van der Waals surface area contributed by atoms with Crippen molar-refractivity contribution < 1.29 is 49.7 Å². The van der Waals surface area contributed by atoms with Gasteiger partial charge in [0.2, 0.25) is 0 Å². The van der Waals surface area contributed by atoms with Crippen molar-refractivity contribution in [3.63, 3.8) is 0 Å². The van der Waals surface area contributed by atoms with Crippen LogP contribution in [0.3, 0.4) is 0 Å². The van der Waals surface area contributed by atoms with Crippen molar-refractivity contribution >= 4 is 11.6 Å². The maximum absolute atomic E-state index is 13.5. The number of ether oxygens (including phenoxy) is 2. The number of rotatable bonds is 5. The van der Waals surface area contributed by atoms with Gasteiger partial charge in [0.1, 0.15) is 36.6 Å². The Labute approximate surface area is 216 Å². The molecule has 3 saturated carbocycles. The fraction of sp³-hybridized carbons (Fsp3) is 0.852. The van der Waals surface area contributed by atoms with Gasteiger partial charge < -0.3 is 40.1 Å². The fourth-order valence-corrected chi connectivity index (χ4v) is 8.63. The van der Waals surface area contributed by atoms with Crippen LogP contribution >= 0.6 is 0 Å². The number of allylic oxidation sites excluding steroid dienone is 1. The first-order chi connectivity index (χ1) is 17.4. The van der Waals surface area contributed by atoms with Crippen LogP contribution < -0.4 is 0 Å². The number of carbonyl (C=O) groups is 2. The Morgan fingerprint density at radius 3 is 2.51 bits per heavy atom. The van der Waals surface area contributed by atoms with Gasteiger partial charge in [0, 0.05) is 11.8 Å². The van der Waals surface area contributed by atoms with Gasteiger partial charge in [-0.25, -0.2) is 0 Å². The van der Waals surface area contributed by atoms with E-state index in [9.17, 15) is 40.2 Å². The van der Waals surface area contributed by atoms with Crippen LogP contribution in [0.1, 0.15) is 58.8 Å². The summed E-state index contributed by atoms with van der Waals surface area (Å²) in [6.07, 6.45) is -2.58. The van der Waals surface area contributed by atoms with Crippen LogP contribution in [0.2, 0.25) is 0 Å². The third-order valence-corrected chi connectivity index (χ3v) is 10.7. The molecule has 0 aromatic carbocycles. The van der Waals surface area contributed by atoms with Gasteiger partial charge in [-0.2, -0.15) is 0 Å². The van der Waals surface area contributed by atoms with Gasteiger partial charge >= 0.3 is 0 Å². The van der Waals surface area contributed by atoms with Crippen LogP contribution in [0.5, 0.6) is 0 Å². The molecule has 1 aliphatic heterocycles. The van der Waals surface area contributed by atoms with Gasteiger partial charge in [-0.05, 0) is 67.8 Å². The number of hydrogen-bond donors (Lipinski definition) is 6. The lowest BCUT2D eigenvalue weighted by Gasteiger charge is -2.60. The summed E-state index contributed by atoms with van der Waals surface area (Å²) in [5.41, 5.74) is -1.79. The molecule has 6 N–H and O–H groups in total. The number of carbonyl (C=O) groups excluding carboxylic acids is 2. The second-order valence-corrected chi connectivity index (χ2v) is 12.4. The lowest BCUT2D eigenvalue weighted by molar-refractivity contribution is -0.300. The van der Waals surface area contributed by atoms with Crippen molar-refractivity contribution in [1.82, 2.24) is 0 Å². The molecule has 5 aliphatic rings. The average Bonchev–Trinajstić information content (AvgIpc) is 3.13. The highest BCUT2D eigenvalue weighted by Gasteiger charge is 2.68. The van der Waals surface area contributed by atoms with Crippen LogP contribution in [0, 0.1) is 28.6 Å². The number of hydrogen-bond acceptors (Lipinski definition) is 10. The van der Waals surface area contributed by atoms with Crippen LogP contribution in [0.25, 0.3) is 0 Å². The number of ketones is 2. The highest BCUT2D eigenvalue weighted by Crippen LogP contribution is 2.67. The van der Waals surface area contributed by atoms with E-state index < -0.39 is 66.8 Å². The molecule has 0 amide bonds. The molecule has 0 aromatic heterocycles. The first-order valence-electron chi connectivity index (χ1n) is 13.5. The Hall–Kier alpha value is -1.24. The Bertz CT molecular complexity index is 965. The lowest BCUT2D eigenvalue weighted by Crippen LogP contribution is -2.62. The summed E-state index contributed by atoms with van der Waals surface area (Å²) in [6, 6.07) is 0. The molecule has 0 spiro atoms. The Morgan fingerprint density at radius 1 is 1.08 bits per heavy atom. The molecule has 4 fully saturated rings. The molecule has 37 heavy (non-hydrogen) atoms. The SMILES string of the molecule is C[C@]12CCC(=O)C=C1CC[C@@H]1[C@@H]2[C@@H](O)C[C@@]2(C)[C@H]1CC[C@]2(O)C(=O)CO[C@@H]1O[C@H](CO)[C@@H](O)[C@H](O)[C@H]1O. The number of aliphatic hydroxyl groups excluding tert-OH is 5. The van der Waals surface area contributed by atoms with E-state index in [-0.39, 0.29) is 41.8 Å². The predicted octanol–water partition coefficient (Wildman–Crippen LogP) is -0.394. The van der Waals surface area contributed by atoms with Gasteiger partial charge in [0.15, 0.2) is 17.9 Å². The van der Waals surface area contributed by atoms with E-state index in [0.717, 1.165) is 18.4 Å². The molecule has 208 valence electrons. The van der Waals surface area contributed by atoms with Gasteiger partial charge in [-0.15, -0.1) is 0 Å². The van der Waals surface area contributed by atoms with E-state index in [0.29, 0.717) is 19.3 Å². The molecule has 4 aliphatic carbocycles. The first-order valence-corrected chi connectivity index (χ1v) is 13.5. The normalized spacial score (nSPS) is 51.6. The van der Waals surface area contributed by atoms with Crippen LogP contribution in [0.15, 0.2) is 11.6 Å². The molecule has 10 heteroatoms. The van der Waals surface area contributed by atoms with Gasteiger partial charge in [0.25, 0.3) is 0 Å². The Morgan fingerprint density at radius 2 is 1.81 bits per heavy atom. The van der Waals surface area contributed by atoms with Gasteiger partial charge in [0.05, 0.1) is 12.7 Å². The van der Waals surface area contributed by atoms with E-state index in [1.54, 1.807) is 6.08 Å². The smallest absolute Gasteiger partial charge is 0.190 e. The Kier molecular flexibility index (Phi) is 6.98. The highest BCUT2D eigenvalue weighted by molar-refractivity contribution is 5.92. The van der Waals surface area contributed by atoms with Crippen molar-refractivity contribution in [3.8, 4) is 0 Å². The lowest BCUT2D eigenvalue weighted by atomic mass is 9.45. The average molecular weight is 525 g/mol. The first kappa shape index (κ1) is 27.3. The predicted molar refractivity (Wildman–Crippen MR) is 128 cm³/mol. The minimum Gasteiger partial charge on any atom is -0.394 e. The molecule has 0 bridgehead atoms. The third kappa shape index (κ3) is 3.98.